The summed E-state index contributed by atoms with van der Waals surface area (Å²) in [6, 6.07) is 5.23. The number of hydrogen-bond acceptors (Lipinski definition) is 11. The number of nitrogens with zero attached hydrogens (tertiary/aromatic N) is 2. The van der Waals surface area contributed by atoms with Gasteiger partial charge in [0.2, 0.25) is 11.8 Å². The van der Waals surface area contributed by atoms with Crippen molar-refractivity contribution in [2.45, 2.75) is 179 Å². The fourth-order valence-electron chi connectivity index (χ4n) is 9.21. The molecule has 5 fully saturated rings. The number of unbranched alkanes of at least 4 members (excludes halogenated alkanes) is 4. The number of rotatable bonds is 17. The summed E-state index contributed by atoms with van der Waals surface area (Å²) in [6.45, 7) is 9.85. The van der Waals surface area contributed by atoms with E-state index in [2.05, 4.69) is 41.8 Å². The third kappa shape index (κ3) is 8.89. The molecule has 0 unspecified atom stereocenters. The molecule has 0 aromatic heterocycles. The second-order valence-corrected chi connectivity index (χ2v) is 18.1. The summed E-state index contributed by atoms with van der Waals surface area (Å²) in [7, 11) is 0. The second kappa shape index (κ2) is 17.6. The van der Waals surface area contributed by atoms with Gasteiger partial charge in [-0.2, -0.15) is 5.06 Å². The molecule has 55 heavy (non-hydrogen) atoms. The average Bonchev–Trinajstić information content (AvgIpc) is 3.86. The number of amides is 2. The van der Waals surface area contributed by atoms with Gasteiger partial charge in [-0.15, -0.1) is 0 Å². The monoisotopic (exact) mass is 881 g/mol. The first-order valence-electron chi connectivity index (χ1n) is 20.4. The van der Waals surface area contributed by atoms with Crippen molar-refractivity contribution in [2.24, 2.45) is 5.41 Å². The highest BCUT2D eigenvalue weighted by Crippen LogP contribution is 2.59. The highest BCUT2D eigenvalue weighted by molar-refractivity contribution is 14.1. The Morgan fingerprint density at radius 3 is 2.40 bits per heavy atom. The van der Waals surface area contributed by atoms with E-state index in [9.17, 15) is 19.5 Å². The van der Waals surface area contributed by atoms with Gasteiger partial charge in [-0.05, 0) is 87.1 Å². The van der Waals surface area contributed by atoms with Crippen molar-refractivity contribution < 1.29 is 48.1 Å². The summed E-state index contributed by atoms with van der Waals surface area (Å²) in [6.07, 6.45) is 5.87. The largest absolute Gasteiger partial charge is 0.460 e. The van der Waals surface area contributed by atoms with Crippen LogP contribution < -0.4 is 5.32 Å². The van der Waals surface area contributed by atoms with E-state index in [1.54, 1.807) is 30.7 Å². The minimum Gasteiger partial charge on any atom is -0.460 e. The number of benzene rings is 1. The normalized spacial score (nSPS) is 30.2. The number of aliphatic hydroxyl groups excluding tert-OH is 1. The fourth-order valence-corrected chi connectivity index (χ4v) is 9.77. The predicted octanol–water partition coefficient (Wildman–Crippen LogP) is 5.32. The number of fused-ring (bicyclic) bond motifs is 4. The van der Waals surface area contributed by atoms with Crippen LogP contribution in [0.4, 0.5) is 0 Å². The van der Waals surface area contributed by atoms with Crippen molar-refractivity contribution in [3.05, 3.63) is 33.4 Å². The molecule has 5 aliphatic rings. The molecular formula is C41H60IN3O10. The van der Waals surface area contributed by atoms with Gasteiger partial charge < -0.3 is 34.3 Å². The predicted molar refractivity (Wildman–Crippen MR) is 210 cm³/mol. The smallest absolute Gasteiger partial charge is 0.327 e. The van der Waals surface area contributed by atoms with Gasteiger partial charge in [0.1, 0.15) is 41.5 Å². The summed E-state index contributed by atoms with van der Waals surface area (Å²) < 4.78 is 26.6. The number of halogens is 1. The van der Waals surface area contributed by atoms with E-state index in [1.165, 1.54) is 0 Å². The molecule has 2 bridgehead atoms. The van der Waals surface area contributed by atoms with Crippen molar-refractivity contribution in [2.75, 3.05) is 13.2 Å². The number of esters is 2. The highest BCUT2D eigenvalue weighted by Gasteiger charge is 2.77. The SMILES string of the molecule is CCCCCC1(CCCCC)O[C@@H]2[C@H](O1)[C@H]1ON(Cc3ccccc3I)[C@H]3C(=O)O[C@@H]2C[C@@]13C(=O)N1CCC[C@@H]1C(=O)N[C@H](CO)CCC(=O)OC(C)(C)C. The van der Waals surface area contributed by atoms with E-state index in [1.807, 2.05) is 24.3 Å². The summed E-state index contributed by atoms with van der Waals surface area (Å²) in [5.41, 5.74) is -1.11. The molecule has 2 N–H and O–H groups in total. The van der Waals surface area contributed by atoms with Crippen molar-refractivity contribution >= 4 is 46.3 Å². The Labute approximate surface area is 338 Å². The Balaban J connectivity index is 1.30. The van der Waals surface area contributed by atoms with Crippen molar-refractivity contribution in [1.29, 1.82) is 0 Å². The molecule has 306 valence electrons. The molecule has 14 heteroatoms. The Morgan fingerprint density at radius 1 is 1.05 bits per heavy atom. The van der Waals surface area contributed by atoms with Crippen LogP contribution in [0.2, 0.25) is 0 Å². The van der Waals surface area contributed by atoms with Gasteiger partial charge in [0.05, 0.1) is 19.2 Å². The van der Waals surface area contributed by atoms with E-state index >= 15 is 4.79 Å². The van der Waals surface area contributed by atoms with E-state index in [0.29, 0.717) is 32.2 Å². The lowest BCUT2D eigenvalue weighted by Crippen LogP contribution is -2.70. The number of ether oxygens (including phenoxy) is 4. The summed E-state index contributed by atoms with van der Waals surface area (Å²) in [4.78, 5) is 64.5. The molecule has 2 amide bonds. The maximum absolute atomic E-state index is 15.4. The quantitative estimate of drug-likeness (QED) is 0.119. The van der Waals surface area contributed by atoms with E-state index in [-0.39, 0.29) is 38.3 Å². The van der Waals surface area contributed by atoms with Crippen LogP contribution in [0.1, 0.15) is 124 Å². The van der Waals surface area contributed by atoms with Crippen LogP contribution in [-0.2, 0) is 49.5 Å². The van der Waals surface area contributed by atoms with Gasteiger partial charge in [0.15, 0.2) is 11.8 Å². The number of hydrogen-bond donors (Lipinski definition) is 2. The molecule has 1 aromatic carbocycles. The first-order chi connectivity index (χ1) is 26.3. The molecule has 13 nitrogen and oxygen atoms in total. The molecule has 1 aliphatic carbocycles. The second-order valence-electron chi connectivity index (χ2n) is 17.0. The standard InChI is InChI=1S/C41H60IN3O10/c1-6-8-12-20-40(21-13-9-7-2)53-32-30-23-41(34(37(49)51-30)45(55-35(41)33(32)54-40)24-26-15-10-11-16-28(26)42)38(50)44-22-14-17-29(44)36(48)43-27(25-46)18-19-31(47)52-39(3,4)5/h10-11,15-16,27,29-30,32-35,46H,6-9,12-14,17-25H2,1-5H3,(H,43,48)/t27-,29+,30+,32-,33-,34-,35+,41-/m0/s1. The van der Waals surface area contributed by atoms with Crippen molar-refractivity contribution in [3.8, 4) is 0 Å². The molecule has 4 heterocycles. The lowest BCUT2D eigenvalue weighted by molar-refractivity contribution is -0.225. The zero-order chi connectivity index (χ0) is 39.5. The lowest BCUT2D eigenvalue weighted by atomic mass is 9.62. The van der Waals surface area contributed by atoms with E-state index < -0.39 is 77.2 Å². The topological polar surface area (TPSA) is 153 Å². The molecule has 1 aromatic rings. The highest BCUT2D eigenvalue weighted by atomic mass is 127. The van der Waals surface area contributed by atoms with Crippen molar-refractivity contribution in [3.63, 3.8) is 0 Å². The van der Waals surface area contributed by atoms with Crippen LogP contribution >= 0.6 is 22.6 Å². The van der Waals surface area contributed by atoms with Crippen molar-refractivity contribution in [1.82, 2.24) is 15.3 Å². The number of nitrogens with one attached hydrogen (secondary N) is 1. The van der Waals surface area contributed by atoms with Crippen LogP contribution in [0.5, 0.6) is 0 Å². The summed E-state index contributed by atoms with van der Waals surface area (Å²) in [5.74, 6) is -2.60. The minimum absolute atomic E-state index is 0.0165. The van der Waals surface area contributed by atoms with Crippen LogP contribution in [0.3, 0.4) is 0 Å². The molecule has 1 saturated carbocycles. The molecule has 4 aliphatic heterocycles. The Morgan fingerprint density at radius 2 is 1.75 bits per heavy atom. The number of carbonyl (C=O) groups is 4. The van der Waals surface area contributed by atoms with Crippen LogP contribution in [-0.4, -0.2) is 106 Å². The van der Waals surface area contributed by atoms with E-state index in [0.717, 1.165) is 47.7 Å². The van der Waals surface area contributed by atoms with E-state index in [4.69, 9.17) is 23.8 Å². The third-order valence-corrected chi connectivity index (χ3v) is 12.8. The molecule has 8 atom stereocenters. The average molecular weight is 882 g/mol. The van der Waals surface area contributed by atoms with Crippen LogP contribution in [0.15, 0.2) is 24.3 Å². The van der Waals surface area contributed by atoms with Gasteiger partial charge in [0.25, 0.3) is 0 Å². The zero-order valence-electron chi connectivity index (χ0n) is 33.1. The number of aliphatic hydroxyl groups is 1. The van der Waals surface area contributed by atoms with Gasteiger partial charge in [-0.1, -0.05) is 57.7 Å². The fraction of sp³-hybridized carbons (Fsp3) is 0.756. The van der Waals surface area contributed by atoms with Gasteiger partial charge in [0, 0.05) is 35.8 Å². The number of hydroxylamine groups is 2. The number of likely N-dealkylation sites (tertiary alicyclic amines) is 1. The maximum Gasteiger partial charge on any atom is 0.327 e. The zero-order valence-corrected chi connectivity index (χ0v) is 35.2. The summed E-state index contributed by atoms with van der Waals surface area (Å²) >= 11 is 2.26. The first-order valence-corrected chi connectivity index (χ1v) is 21.5. The Hall–Kier alpha value is -2.37. The summed E-state index contributed by atoms with van der Waals surface area (Å²) in [5, 5.41) is 14.7. The number of carbonyl (C=O) groups excluding carboxylic acids is 4. The molecular weight excluding hydrogens is 821 g/mol. The molecule has 6 rings (SSSR count). The van der Waals surface area contributed by atoms with Gasteiger partial charge >= 0.3 is 11.9 Å². The molecule has 0 spiro atoms. The Bertz CT molecular complexity index is 1540. The minimum atomic E-state index is -1.40. The Kier molecular flexibility index (Phi) is 13.5. The molecule has 0 radical (unpaired) electrons. The third-order valence-electron chi connectivity index (χ3n) is 11.8. The van der Waals surface area contributed by atoms with Crippen LogP contribution in [0.25, 0.3) is 0 Å². The lowest BCUT2D eigenvalue weighted by Gasteiger charge is -2.50. The van der Waals surface area contributed by atoms with Crippen LogP contribution in [0, 0.1) is 8.99 Å². The maximum atomic E-state index is 15.4. The van der Waals surface area contributed by atoms with Gasteiger partial charge in [-0.3, -0.25) is 24.0 Å². The first kappa shape index (κ1) is 42.2. The molecule has 4 saturated heterocycles. The van der Waals surface area contributed by atoms with Gasteiger partial charge in [-0.25, -0.2) is 0 Å².